The van der Waals surface area contributed by atoms with E-state index in [0.29, 0.717) is 10.9 Å². The van der Waals surface area contributed by atoms with E-state index in [-0.39, 0.29) is 0 Å². The SMILES string of the molecule is CC(C)CCCC(C)Nc1ccc(S(C)(=O)=O)cc1. The van der Waals surface area contributed by atoms with Crippen LogP contribution in [-0.2, 0) is 9.84 Å². The molecule has 1 N–H and O–H groups in total. The predicted octanol–water partition coefficient (Wildman–Crippen LogP) is 3.72. The van der Waals surface area contributed by atoms with E-state index in [1.807, 2.05) is 12.1 Å². The molecule has 1 atom stereocenters. The second kappa shape index (κ2) is 6.94. The zero-order valence-electron chi connectivity index (χ0n) is 12.3. The van der Waals surface area contributed by atoms with E-state index in [0.717, 1.165) is 18.0 Å². The highest BCUT2D eigenvalue weighted by Gasteiger charge is 2.07. The fourth-order valence-electron chi connectivity index (χ4n) is 1.99. The summed E-state index contributed by atoms with van der Waals surface area (Å²) in [5, 5.41) is 3.40. The molecule has 0 bridgehead atoms. The summed E-state index contributed by atoms with van der Waals surface area (Å²) < 4.78 is 22.7. The minimum absolute atomic E-state index is 0.366. The quantitative estimate of drug-likeness (QED) is 0.829. The second-order valence-corrected chi connectivity index (χ2v) is 7.68. The maximum atomic E-state index is 11.4. The van der Waals surface area contributed by atoms with Crippen molar-refractivity contribution < 1.29 is 8.42 Å². The van der Waals surface area contributed by atoms with Gasteiger partial charge in [0.2, 0.25) is 0 Å². The van der Waals surface area contributed by atoms with Crippen LogP contribution in [0.3, 0.4) is 0 Å². The van der Waals surface area contributed by atoms with Crippen LogP contribution in [-0.4, -0.2) is 20.7 Å². The maximum Gasteiger partial charge on any atom is 0.175 e. The van der Waals surface area contributed by atoms with Crippen LogP contribution in [0.25, 0.3) is 0 Å². The molecule has 0 saturated carbocycles. The Hall–Kier alpha value is -1.03. The topological polar surface area (TPSA) is 46.2 Å². The van der Waals surface area contributed by atoms with Gasteiger partial charge in [0.25, 0.3) is 0 Å². The van der Waals surface area contributed by atoms with Crippen molar-refractivity contribution in [1.29, 1.82) is 0 Å². The zero-order valence-corrected chi connectivity index (χ0v) is 13.1. The van der Waals surface area contributed by atoms with Crippen molar-refractivity contribution in [3.8, 4) is 0 Å². The zero-order chi connectivity index (χ0) is 14.5. The van der Waals surface area contributed by atoms with Crippen molar-refractivity contribution in [2.75, 3.05) is 11.6 Å². The van der Waals surface area contributed by atoms with Crippen molar-refractivity contribution in [2.45, 2.75) is 51.0 Å². The monoisotopic (exact) mass is 283 g/mol. The van der Waals surface area contributed by atoms with Crippen LogP contribution in [0.15, 0.2) is 29.2 Å². The second-order valence-electron chi connectivity index (χ2n) is 5.67. The molecule has 0 aliphatic carbocycles. The maximum absolute atomic E-state index is 11.4. The molecule has 3 nitrogen and oxygen atoms in total. The lowest BCUT2D eigenvalue weighted by Gasteiger charge is -2.16. The molecule has 0 saturated heterocycles. The molecule has 0 spiro atoms. The Morgan fingerprint density at radius 3 is 2.11 bits per heavy atom. The van der Waals surface area contributed by atoms with E-state index in [9.17, 15) is 8.42 Å². The molecule has 0 aliphatic rings. The van der Waals surface area contributed by atoms with E-state index in [1.54, 1.807) is 12.1 Å². The molecule has 0 heterocycles. The Morgan fingerprint density at radius 2 is 1.63 bits per heavy atom. The number of rotatable bonds is 7. The van der Waals surface area contributed by atoms with Crippen LogP contribution in [0.1, 0.15) is 40.0 Å². The third-order valence-corrected chi connectivity index (χ3v) is 4.24. The number of anilines is 1. The highest BCUT2D eigenvalue weighted by atomic mass is 32.2. The van der Waals surface area contributed by atoms with Gasteiger partial charge in [0.15, 0.2) is 9.84 Å². The van der Waals surface area contributed by atoms with Gasteiger partial charge in [0, 0.05) is 18.0 Å². The first-order chi connectivity index (χ1) is 8.79. The molecular weight excluding hydrogens is 258 g/mol. The summed E-state index contributed by atoms with van der Waals surface area (Å²) in [6, 6.07) is 7.37. The van der Waals surface area contributed by atoms with Gasteiger partial charge in [-0.15, -0.1) is 0 Å². The molecule has 0 amide bonds. The van der Waals surface area contributed by atoms with E-state index >= 15 is 0 Å². The van der Waals surface area contributed by atoms with Crippen LogP contribution >= 0.6 is 0 Å². The van der Waals surface area contributed by atoms with Gasteiger partial charge in [-0.1, -0.05) is 26.7 Å². The fraction of sp³-hybridized carbons (Fsp3) is 0.600. The van der Waals surface area contributed by atoms with E-state index in [1.165, 1.54) is 19.1 Å². The van der Waals surface area contributed by atoms with Crippen LogP contribution in [0, 0.1) is 5.92 Å². The van der Waals surface area contributed by atoms with Crippen molar-refractivity contribution in [1.82, 2.24) is 0 Å². The molecule has 1 unspecified atom stereocenters. The lowest BCUT2D eigenvalue weighted by molar-refractivity contribution is 0.520. The first-order valence-corrected chi connectivity index (χ1v) is 8.75. The van der Waals surface area contributed by atoms with E-state index in [2.05, 4.69) is 26.1 Å². The standard InChI is InChI=1S/C15H25NO2S/c1-12(2)6-5-7-13(3)16-14-8-10-15(11-9-14)19(4,17)18/h8-13,16H,5-7H2,1-4H3. The summed E-state index contributed by atoms with van der Waals surface area (Å²) in [4.78, 5) is 0.366. The van der Waals surface area contributed by atoms with Crippen LogP contribution in [0.2, 0.25) is 0 Å². The summed E-state index contributed by atoms with van der Waals surface area (Å²) in [5.41, 5.74) is 0.976. The number of hydrogen-bond donors (Lipinski definition) is 1. The van der Waals surface area contributed by atoms with Gasteiger partial charge >= 0.3 is 0 Å². The Balaban J connectivity index is 2.49. The molecule has 0 aromatic heterocycles. The highest BCUT2D eigenvalue weighted by molar-refractivity contribution is 7.90. The molecular formula is C15H25NO2S. The summed E-state index contributed by atoms with van der Waals surface area (Å²) in [5.74, 6) is 0.751. The summed E-state index contributed by atoms with van der Waals surface area (Å²) in [6.45, 7) is 6.63. The third kappa shape index (κ3) is 6.10. The molecule has 1 rings (SSSR count). The predicted molar refractivity (Wildman–Crippen MR) is 81.3 cm³/mol. The number of hydrogen-bond acceptors (Lipinski definition) is 3. The molecule has 108 valence electrons. The normalized spacial score (nSPS) is 13.5. The highest BCUT2D eigenvalue weighted by Crippen LogP contribution is 2.16. The molecule has 19 heavy (non-hydrogen) atoms. The Bertz CT molecular complexity index is 477. The Morgan fingerprint density at radius 1 is 1.05 bits per heavy atom. The Kier molecular flexibility index (Phi) is 5.85. The van der Waals surface area contributed by atoms with Crippen LogP contribution in [0.4, 0.5) is 5.69 Å². The molecule has 1 aromatic carbocycles. The number of sulfone groups is 1. The average Bonchev–Trinajstić information content (AvgIpc) is 2.27. The minimum Gasteiger partial charge on any atom is -0.383 e. The lowest BCUT2D eigenvalue weighted by atomic mass is 10.0. The Labute approximate surface area is 117 Å². The van der Waals surface area contributed by atoms with Crippen molar-refractivity contribution in [3.63, 3.8) is 0 Å². The molecule has 1 aromatic rings. The van der Waals surface area contributed by atoms with Crippen molar-refractivity contribution in [3.05, 3.63) is 24.3 Å². The van der Waals surface area contributed by atoms with Gasteiger partial charge in [-0.05, 0) is 43.5 Å². The first kappa shape index (κ1) is 16.0. The van der Waals surface area contributed by atoms with Gasteiger partial charge in [0.05, 0.1) is 4.90 Å². The summed E-state index contributed by atoms with van der Waals surface area (Å²) in [6.07, 6.45) is 4.82. The van der Waals surface area contributed by atoms with Crippen LogP contribution < -0.4 is 5.32 Å². The van der Waals surface area contributed by atoms with Gasteiger partial charge in [0.1, 0.15) is 0 Å². The van der Waals surface area contributed by atoms with Crippen LogP contribution in [0.5, 0.6) is 0 Å². The largest absolute Gasteiger partial charge is 0.383 e. The van der Waals surface area contributed by atoms with E-state index in [4.69, 9.17) is 0 Å². The molecule has 0 aliphatic heterocycles. The minimum atomic E-state index is -3.10. The first-order valence-electron chi connectivity index (χ1n) is 6.85. The average molecular weight is 283 g/mol. The number of nitrogens with one attached hydrogen (secondary N) is 1. The fourth-order valence-corrected chi connectivity index (χ4v) is 2.62. The van der Waals surface area contributed by atoms with Gasteiger partial charge in [-0.25, -0.2) is 8.42 Å². The molecule has 4 heteroatoms. The molecule has 0 radical (unpaired) electrons. The van der Waals surface area contributed by atoms with Crippen molar-refractivity contribution in [2.24, 2.45) is 5.92 Å². The van der Waals surface area contributed by atoms with Crippen molar-refractivity contribution >= 4 is 15.5 Å². The number of benzene rings is 1. The summed E-state index contributed by atoms with van der Waals surface area (Å²) >= 11 is 0. The van der Waals surface area contributed by atoms with Gasteiger partial charge < -0.3 is 5.32 Å². The van der Waals surface area contributed by atoms with Gasteiger partial charge in [-0.3, -0.25) is 0 Å². The van der Waals surface area contributed by atoms with E-state index < -0.39 is 9.84 Å². The summed E-state index contributed by atoms with van der Waals surface area (Å²) in [7, 11) is -3.10. The smallest absolute Gasteiger partial charge is 0.175 e. The van der Waals surface area contributed by atoms with Gasteiger partial charge in [-0.2, -0.15) is 0 Å². The lowest BCUT2D eigenvalue weighted by Crippen LogP contribution is -2.15. The third-order valence-electron chi connectivity index (χ3n) is 3.11. The molecule has 0 fully saturated rings.